The summed E-state index contributed by atoms with van der Waals surface area (Å²) < 4.78 is 0. The molecule has 1 N–H and O–H groups in total. The molecule has 2 nitrogen and oxygen atoms in total. The molecule has 139 valence electrons. The van der Waals surface area contributed by atoms with Crippen molar-refractivity contribution in [2.75, 3.05) is 0 Å². The fraction of sp³-hybridized carbons (Fsp3) is 0.400. The van der Waals surface area contributed by atoms with Crippen LogP contribution in [0.25, 0.3) is 17.2 Å². The molecule has 2 aromatic carbocycles. The van der Waals surface area contributed by atoms with Crippen molar-refractivity contribution in [3.8, 4) is 11.1 Å². The summed E-state index contributed by atoms with van der Waals surface area (Å²) in [7, 11) is 0. The number of carbonyl (C=O) groups excluding carboxylic acids is 1. The number of hydrogen-bond donors (Lipinski definition) is 0. The molecule has 0 atom stereocenters. The zero-order valence-electron chi connectivity index (χ0n) is 17.0. The molecule has 0 saturated heterocycles. The fourth-order valence-electron chi connectivity index (χ4n) is 4.62. The molecule has 2 aliphatic carbocycles. The molecule has 0 saturated carbocycles. The third kappa shape index (κ3) is 2.82. The number of carbonyl (C=O) groups is 1. The van der Waals surface area contributed by atoms with Gasteiger partial charge in [-0.3, -0.25) is 10.5 Å². The fourth-order valence-corrected chi connectivity index (χ4v) is 4.62. The first-order valence-corrected chi connectivity index (χ1v) is 9.99. The molecule has 27 heavy (non-hydrogen) atoms. The molecular formula is C25H28NO. The maximum Gasteiger partial charge on any atom is 0.270 e. The minimum atomic E-state index is -0.564. The Morgan fingerprint density at radius 2 is 1.85 bits per heavy atom. The lowest BCUT2D eigenvalue weighted by Crippen LogP contribution is -2.13. The Kier molecular flexibility index (Phi) is 4.06. The van der Waals surface area contributed by atoms with Gasteiger partial charge in [0.25, 0.3) is 5.91 Å². The largest absolute Gasteiger partial charge is 0.270 e. The highest BCUT2D eigenvalue weighted by Gasteiger charge is 2.29. The highest BCUT2D eigenvalue weighted by molar-refractivity contribution is 6.02. The number of nitrogens with one attached hydrogen (secondary N) is 1. The van der Waals surface area contributed by atoms with E-state index in [4.69, 9.17) is 5.73 Å². The van der Waals surface area contributed by atoms with Crippen LogP contribution in [0.3, 0.4) is 0 Å². The van der Waals surface area contributed by atoms with Crippen molar-refractivity contribution in [2.24, 2.45) is 0 Å². The standard InChI is InChI=1S/C25H28NO/c1-6-15-9-17-11-18(25(3,4)5)13-21(20(17)10-15)23-19-8-7-16(14(19)2)12-22(23)24(26)27/h9,11-13,26H,6-8,10H2,1-5H3. The summed E-state index contributed by atoms with van der Waals surface area (Å²) in [6, 6.07) is 6.60. The van der Waals surface area contributed by atoms with Crippen LogP contribution in [-0.4, -0.2) is 5.91 Å². The summed E-state index contributed by atoms with van der Waals surface area (Å²) in [5.74, 6) is -0.564. The molecule has 0 spiro atoms. The van der Waals surface area contributed by atoms with E-state index in [2.05, 4.69) is 52.8 Å². The average Bonchev–Trinajstić information content (AvgIpc) is 3.10. The molecule has 2 aromatic rings. The summed E-state index contributed by atoms with van der Waals surface area (Å²) in [6.45, 7) is 11.1. The average molecular weight is 359 g/mol. The molecule has 4 rings (SSSR count). The monoisotopic (exact) mass is 358 g/mol. The van der Waals surface area contributed by atoms with Gasteiger partial charge in [-0.15, -0.1) is 0 Å². The molecular weight excluding hydrogens is 330 g/mol. The Morgan fingerprint density at radius 1 is 1.11 bits per heavy atom. The third-order valence-corrected chi connectivity index (χ3v) is 6.35. The maximum absolute atomic E-state index is 12.2. The van der Waals surface area contributed by atoms with Crippen LogP contribution in [0.5, 0.6) is 0 Å². The Bertz CT molecular complexity index is 1000. The van der Waals surface area contributed by atoms with Gasteiger partial charge < -0.3 is 0 Å². The van der Waals surface area contributed by atoms with Crippen LogP contribution in [0.2, 0.25) is 0 Å². The zero-order valence-corrected chi connectivity index (χ0v) is 17.0. The van der Waals surface area contributed by atoms with Gasteiger partial charge in [0.15, 0.2) is 0 Å². The zero-order chi connectivity index (χ0) is 19.5. The van der Waals surface area contributed by atoms with Crippen LogP contribution >= 0.6 is 0 Å². The van der Waals surface area contributed by atoms with Crippen LogP contribution < -0.4 is 5.73 Å². The topological polar surface area (TPSA) is 40.9 Å². The quantitative estimate of drug-likeness (QED) is 0.680. The van der Waals surface area contributed by atoms with Crippen molar-refractivity contribution in [3.05, 3.63) is 62.7 Å². The van der Waals surface area contributed by atoms with E-state index in [-0.39, 0.29) is 5.41 Å². The highest BCUT2D eigenvalue weighted by Crippen LogP contribution is 2.44. The van der Waals surface area contributed by atoms with Gasteiger partial charge >= 0.3 is 0 Å². The van der Waals surface area contributed by atoms with Crippen molar-refractivity contribution in [1.29, 1.82) is 0 Å². The minimum absolute atomic E-state index is 0.0348. The van der Waals surface area contributed by atoms with E-state index < -0.39 is 5.91 Å². The number of benzene rings is 2. The molecule has 2 heteroatoms. The molecule has 0 fully saturated rings. The first-order valence-electron chi connectivity index (χ1n) is 9.99. The van der Waals surface area contributed by atoms with Gasteiger partial charge in [0, 0.05) is 5.56 Å². The number of fused-ring (bicyclic) bond motifs is 3. The van der Waals surface area contributed by atoms with Crippen molar-refractivity contribution in [1.82, 2.24) is 5.73 Å². The van der Waals surface area contributed by atoms with Crippen LogP contribution in [0, 0.1) is 6.92 Å². The predicted molar refractivity (Wildman–Crippen MR) is 112 cm³/mol. The third-order valence-electron chi connectivity index (χ3n) is 6.35. The summed E-state index contributed by atoms with van der Waals surface area (Å²) in [5.41, 5.74) is 19.9. The number of rotatable bonds is 3. The normalized spacial score (nSPS) is 15.1. The molecule has 2 aliphatic rings. The Morgan fingerprint density at radius 3 is 2.48 bits per heavy atom. The van der Waals surface area contributed by atoms with E-state index >= 15 is 0 Å². The van der Waals surface area contributed by atoms with E-state index in [1.54, 1.807) is 0 Å². The lowest BCUT2D eigenvalue weighted by molar-refractivity contribution is 0.0992. The number of allylic oxidation sites excluding steroid dienone is 1. The van der Waals surface area contributed by atoms with E-state index in [9.17, 15) is 4.79 Å². The van der Waals surface area contributed by atoms with Crippen molar-refractivity contribution in [3.63, 3.8) is 0 Å². The van der Waals surface area contributed by atoms with Crippen LogP contribution in [-0.2, 0) is 24.7 Å². The van der Waals surface area contributed by atoms with Crippen LogP contribution in [0.4, 0.5) is 0 Å². The second kappa shape index (κ2) is 6.09. The lowest BCUT2D eigenvalue weighted by Gasteiger charge is -2.24. The Hall–Kier alpha value is -2.35. The van der Waals surface area contributed by atoms with Gasteiger partial charge in [-0.2, -0.15) is 0 Å². The van der Waals surface area contributed by atoms with E-state index in [0.717, 1.165) is 31.2 Å². The highest BCUT2D eigenvalue weighted by atomic mass is 16.1. The number of aryl methyl sites for hydroxylation is 1. The van der Waals surface area contributed by atoms with Gasteiger partial charge in [0.1, 0.15) is 0 Å². The maximum atomic E-state index is 12.2. The Labute approximate surface area is 162 Å². The predicted octanol–water partition coefficient (Wildman–Crippen LogP) is 5.83. The molecule has 0 heterocycles. The van der Waals surface area contributed by atoms with Crippen LogP contribution in [0.1, 0.15) is 77.9 Å². The molecule has 0 unspecified atom stereocenters. The van der Waals surface area contributed by atoms with E-state index in [1.165, 1.54) is 44.5 Å². The van der Waals surface area contributed by atoms with Gasteiger partial charge in [0.2, 0.25) is 0 Å². The Balaban J connectivity index is 2.05. The second-order valence-electron chi connectivity index (χ2n) is 9.07. The van der Waals surface area contributed by atoms with Gasteiger partial charge in [0.05, 0.1) is 0 Å². The number of amides is 1. The van der Waals surface area contributed by atoms with Crippen molar-refractivity contribution in [2.45, 2.75) is 65.7 Å². The van der Waals surface area contributed by atoms with Gasteiger partial charge in [-0.05, 0) is 88.6 Å². The summed E-state index contributed by atoms with van der Waals surface area (Å²) >= 11 is 0. The van der Waals surface area contributed by atoms with E-state index in [0.29, 0.717) is 5.56 Å². The molecule has 0 aromatic heterocycles. The first kappa shape index (κ1) is 18.0. The van der Waals surface area contributed by atoms with Crippen LogP contribution in [0.15, 0.2) is 23.8 Å². The lowest BCUT2D eigenvalue weighted by atomic mass is 9.80. The summed E-state index contributed by atoms with van der Waals surface area (Å²) in [4.78, 5) is 12.2. The van der Waals surface area contributed by atoms with Crippen molar-refractivity contribution >= 4 is 12.0 Å². The molecule has 2 bridgehead atoms. The molecule has 1 amide bonds. The van der Waals surface area contributed by atoms with Gasteiger partial charge in [-0.25, -0.2) is 0 Å². The first-order chi connectivity index (χ1) is 12.7. The van der Waals surface area contributed by atoms with Gasteiger partial charge in [-0.1, -0.05) is 51.5 Å². The van der Waals surface area contributed by atoms with Crippen molar-refractivity contribution < 1.29 is 4.79 Å². The smallest absolute Gasteiger partial charge is 0.267 e. The summed E-state index contributed by atoms with van der Waals surface area (Å²) in [5, 5.41) is 0. The SMILES string of the molecule is CCC1=Cc2cc(C(C)(C)C)cc(-c3c(C([NH])=O)cc4c(C)c3CC4)c2C1. The second-order valence-corrected chi connectivity index (χ2v) is 9.07. The molecule has 1 radical (unpaired) electrons. The molecule has 0 aliphatic heterocycles. The summed E-state index contributed by atoms with van der Waals surface area (Å²) in [6.07, 6.45) is 6.30. The number of hydrogen-bond acceptors (Lipinski definition) is 1. The minimum Gasteiger partial charge on any atom is -0.267 e. The van der Waals surface area contributed by atoms with E-state index in [1.807, 2.05) is 6.07 Å².